The summed E-state index contributed by atoms with van der Waals surface area (Å²) in [6.07, 6.45) is 1.05. The zero-order valence-corrected chi connectivity index (χ0v) is 20.1. The summed E-state index contributed by atoms with van der Waals surface area (Å²) in [5.41, 5.74) is 0.631. The highest BCUT2D eigenvalue weighted by atomic mass is 35.5. The van der Waals surface area contributed by atoms with Crippen LogP contribution in [0, 0.1) is 0 Å². The predicted molar refractivity (Wildman–Crippen MR) is 126 cm³/mol. The smallest absolute Gasteiger partial charge is 0.410 e. The zero-order valence-electron chi connectivity index (χ0n) is 17.8. The van der Waals surface area contributed by atoms with Crippen LogP contribution in [0.4, 0.5) is 4.79 Å². The van der Waals surface area contributed by atoms with Crippen molar-refractivity contribution in [2.75, 3.05) is 13.1 Å². The number of hydrogen-bond acceptors (Lipinski definition) is 5. The fraction of sp³-hybridized carbons (Fsp3) is 0.391. The molecule has 33 heavy (non-hydrogen) atoms. The van der Waals surface area contributed by atoms with Crippen molar-refractivity contribution in [1.29, 1.82) is 0 Å². The molecule has 1 saturated heterocycles. The molecule has 0 radical (unpaired) electrons. The lowest BCUT2D eigenvalue weighted by atomic mass is 9.95. The topological polar surface area (TPSA) is 92.8 Å². The van der Waals surface area contributed by atoms with Gasteiger partial charge in [-0.05, 0) is 48.9 Å². The minimum Gasteiger partial charge on any atom is -0.445 e. The molecule has 2 aromatic rings. The molecule has 7 nitrogen and oxygen atoms in total. The Kier molecular flexibility index (Phi) is 6.88. The Hall–Kier alpha value is -2.29. The number of nitrogens with zero attached hydrogens (tertiary/aromatic N) is 1. The average molecular weight is 511 g/mol. The summed E-state index contributed by atoms with van der Waals surface area (Å²) in [6.45, 7) is 0.640. The van der Waals surface area contributed by atoms with Gasteiger partial charge in [0.25, 0.3) is 0 Å². The second-order valence-corrected chi connectivity index (χ2v) is 11.2. The van der Waals surface area contributed by atoms with E-state index in [0.29, 0.717) is 28.5 Å². The SMILES string of the molecule is O=C(OCc1ccccc1)N1CCC(S(=O)(=O)NC(=O)C2(c3ccc(Cl)c(Cl)c3)CC2)CC1. The van der Waals surface area contributed by atoms with Crippen LogP contribution in [-0.4, -0.2) is 43.7 Å². The van der Waals surface area contributed by atoms with Crippen LogP contribution >= 0.6 is 23.2 Å². The van der Waals surface area contributed by atoms with Gasteiger partial charge in [-0.1, -0.05) is 59.6 Å². The van der Waals surface area contributed by atoms with E-state index in [9.17, 15) is 18.0 Å². The number of rotatable bonds is 6. The third kappa shape index (κ3) is 5.28. The molecule has 0 atom stereocenters. The van der Waals surface area contributed by atoms with E-state index in [-0.39, 0.29) is 32.5 Å². The molecule has 2 aromatic carbocycles. The van der Waals surface area contributed by atoms with E-state index in [4.69, 9.17) is 27.9 Å². The number of nitrogens with one attached hydrogen (secondary N) is 1. The van der Waals surface area contributed by atoms with Crippen molar-refractivity contribution in [3.63, 3.8) is 0 Å². The van der Waals surface area contributed by atoms with Crippen molar-refractivity contribution in [2.45, 2.75) is 43.0 Å². The molecule has 0 bridgehead atoms. The summed E-state index contributed by atoms with van der Waals surface area (Å²) in [4.78, 5) is 26.7. The van der Waals surface area contributed by atoms with Crippen LogP contribution in [0.15, 0.2) is 48.5 Å². The van der Waals surface area contributed by atoms with Gasteiger partial charge in [0.05, 0.1) is 20.7 Å². The van der Waals surface area contributed by atoms with Crippen molar-refractivity contribution < 1.29 is 22.7 Å². The zero-order chi connectivity index (χ0) is 23.6. The maximum Gasteiger partial charge on any atom is 0.410 e. The Morgan fingerprint density at radius 3 is 2.30 bits per heavy atom. The lowest BCUT2D eigenvalue weighted by Crippen LogP contribution is -2.48. The first-order chi connectivity index (χ1) is 15.7. The monoisotopic (exact) mass is 510 g/mol. The molecule has 1 aliphatic carbocycles. The molecule has 1 N–H and O–H groups in total. The van der Waals surface area contributed by atoms with Gasteiger partial charge in [-0.25, -0.2) is 13.2 Å². The van der Waals surface area contributed by atoms with E-state index in [1.54, 1.807) is 18.2 Å². The summed E-state index contributed by atoms with van der Waals surface area (Å²) in [5.74, 6) is -0.550. The van der Waals surface area contributed by atoms with Crippen LogP contribution in [-0.2, 0) is 31.6 Å². The number of hydrogen-bond donors (Lipinski definition) is 1. The standard InChI is InChI=1S/C23H24Cl2N2O5S/c24-19-7-6-17(14-20(19)25)23(10-11-23)21(28)26-33(30,31)18-8-12-27(13-9-18)22(29)32-15-16-4-2-1-3-5-16/h1-7,14,18H,8-13,15H2,(H,26,28). The average Bonchev–Trinajstić information content (AvgIpc) is 3.62. The number of benzene rings is 2. The van der Waals surface area contributed by atoms with E-state index in [2.05, 4.69) is 4.72 Å². The molecule has 10 heteroatoms. The van der Waals surface area contributed by atoms with Crippen molar-refractivity contribution in [3.8, 4) is 0 Å². The Morgan fingerprint density at radius 2 is 1.70 bits per heavy atom. The molecular formula is C23H24Cl2N2O5S. The third-order valence-corrected chi connectivity index (χ3v) is 8.79. The van der Waals surface area contributed by atoms with Crippen molar-refractivity contribution in [2.24, 2.45) is 0 Å². The quantitative estimate of drug-likeness (QED) is 0.626. The first-order valence-electron chi connectivity index (χ1n) is 10.7. The van der Waals surface area contributed by atoms with Gasteiger partial charge in [0, 0.05) is 13.1 Å². The fourth-order valence-corrected chi connectivity index (χ4v) is 5.79. The summed E-state index contributed by atoms with van der Waals surface area (Å²) in [5, 5.41) is -0.0647. The van der Waals surface area contributed by atoms with Crippen LogP contribution in [0.25, 0.3) is 0 Å². The molecule has 2 amide bonds. The lowest BCUT2D eigenvalue weighted by molar-refractivity contribution is -0.121. The van der Waals surface area contributed by atoms with Crippen molar-refractivity contribution >= 4 is 45.2 Å². The lowest BCUT2D eigenvalue weighted by Gasteiger charge is -2.31. The molecule has 1 saturated carbocycles. The van der Waals surface area contributed by atoms with Gasteiger partial charge in [-0.3, -0.25) is 9.52 Å². The highest BCUT2D eigenvalue weighted by Crippen LogP contribution is 2.49. The molecular weight excluding hydrogens is 487 g/mol. The van der Waals surface area contributed by atoms with Crippen LogP contribution in [0.5, 0.6) is 0 Å². The molecule has 0 spiro atoms. The number of likely N-dealkylation sites (tertiary alicyclic amines) is 1. The number of sulfonamides is 1. The van der Waals surface area contributed by atoms with E-state index < -0.39 is 32.7 Å². The second-order valence-electron chi connectivity index (χ2n) is 8.41. The van der Waals surface area contributed by atoms with Crippen LogP contribution < -0.4 is 4.72 Å². The Bertz CT molecular complexity index is 1140. The Labute approximate surface area is 203 Å². The number of halogens is 2. The Morgan fingerprint density at radius 1 is 1.03 bits per heavy atom. The number of piperidine rings is 1. The van der Waals surface area contributed by atoms with Gasteiger partial charge in [0.2, 0.25) is 15.9 Å². The van der Waals surface area contributed by atoms with Crippen molar-refractivity contribution in [3.05, 3.63) is 69.7 Å². The first-order valence-corrected chi connectivity index (χ1v) is 13.0. The van der Waals surface area contributed by atoms with Gasteiger partial charge in [0.1, 0.15) is 6.61 Å². The fourth-order valence-electron chi connectivity index (χ4n) is 4.04. The number of amides is 2. The van der Waals surface area contributed by atoms with Crippen LogP contribution in [0.2, 0.25) is 10.0 Å². The third-order valence-electron chi connectivity index (χ3n) is 6.24. The highest BCUT2D eigenvalue weighted by Gasteiger charge is 2.53. The van der Waals surface area contributed by atoms with Crippen LogP contribution in [0.1, 0.15) is 36.8 Å². The minimum absolute atomic E-state index is 0.157. The molecule has 4 rings (SSSR count). The van der Waals surface area contributed by atoms with Crippen molar-refractivity contribution in [1.82, 2.24) is 9.62 Å². The minimum atomic E-state index is -3.89. The number of carbonyl (C=O) groups is 2. The number of ether oxygens (including phenoxy) is 1. The molecule has 0 unspecified atom stereocenters. The summed E-state index contributed by atoms with van der Waals surface area (Å²) < 4.78 is 33.4. The Balaban J connectivity index is 1.32. The van der Waals surface area contributed by atoms with Gasteiger partial charge in [-0.15, -0.1) is 0 Å². The molecule has 0 aromatic heterocycles. The summed E-state index contributed by atoms with van der Waals surface area (Å²) in [7, 11) is -3.89. The van der Waals surface area contributed by atoms with Gasteiger partial charge in [0.15, 0.2) is 0 Å². The molecule has 2 fully saturated rings. The predicted octanol–water partition coefficient (Wildman–Crippen LogP) is 4.27. The van der Waals surface area contributed by atoms with Gasteiger partial charge < -0.3 is 9.64 Å². The maximum absolute atomic E-state index is 12.9. The van der Waals surface area contributed by atoms with Gasteiger partial charge >= 0.3 is 6.09 Å². The van der Waals surface area contributed by atoms with E-state index in [1.165, 1.54) is 4.90 Å². The van der Waals surface area contributed by atoms with E-state index in [0.717, 1.165) is 5.56 Å². The molecule has 2 aliphatic rings. The van der Waals surface area contributed by atoms with Crippen LogP contribution in [0.3, 0.4) is 0 Å². The van der Waals surface area contributed by atoms with E-state index in [1.807, 2.05) is 30.3 Å². The van der Waals surface area contributed by atoms with Gasteiger partial charge in [-0.2, -0.15) is 0 Å². The number of carbonyl (C=O) groups excluding carboxylic acids is 2. The normalized spacial score (nSPS) is 17.9. The second kappa shape index (κ2) is 9.52. The highest BCUT2D eigenvalue weighted by molar-refractivity contribution is 7.90. The molecule has 1 aliphatic heterocycles. The summed E-state index contributed by atoms with van der Waals surface area (Å²) >= 11 is 12.0. The largest absolute Gasteiger partial charge is 0.445 e. The first kappa shape index (κ1) is 23.9. The summed E-state index contributed by atoms with van der Waals surface area (Å²) in [6, 6.07) is 14.2. The maximum atomic E-state index is 12.9. The molecule has 176 valence electrons. The molecule has 1 heterocycles. The van der Waals surface area contributed by atoms with E-state index >= 15 is 0 Å².